The molecule has 1 aromatic carbocycles. The van der Waals surface area contributed by atoms with Crippen molar-refractivity contribution in [2.75, 3.05) is 6.61 Å². The molecule has 1 N–H and O–H groups in total. The summed E-state index contributed by atoms with van der Waals surface area (Å²) in [6, 6.07) is 5.86. The summed E-state index contributed by atoms with van der Waals surface area (Å²) in [6.45, 7) is -0.509. The van der Waals surface area contributed by atoms with Crippen LogP contribution in [0.4, 0.5) is 17.6 Å². The topological polar surface area (TPSA) is 77.2 Å². The Bertz CT molecular complexity index is 734. The van der Waals surface area contributed by atoms with E-state index in [0.717, 1.165) is 4.68 Å². The first-order valence-electron chi connectivity index (χ1n) is 6.71. The number of hydrogen-bond donors (Lipinski definition) is 1. The third-order valence-corrected chi connectivity index (χ3v) is 2.99. The standard InChI is InChI=1S/C14H13F4N3O3/c1-8-19-11(6-24-7-14(17,18)13(15)16)21(20-8)10-5-3-2-4-9(10)12(22)23/h2-5,13H,6-7H2,1H3,(H,22,23). The molecule has 0 bridgehead atoms. The van der Waals surface area contributed by atoms with Gasteiger partial charge in [0.25, 0.3) is 0 Å². The molecular formula is C14H13F4N3O3. The highest BCUT2D eigenvalue weighted by molar-refractivity contribution is 5.91. The zero-order valence-electron chi connectivity index (χ0n) is 12.4. The summed E-state index contributed by atoms with van der Waals surface area (Å²) in [6.07, 6.45) is -3.84. The van der Waals surface area contributed by atoms with Crippen molar-refractivity contribution in [3.8, 4) is 5.69 Å². The molecule has 0 aliphatic heterocycles. The van der Waals surface area contributed by atoms with Crippen molar-refractivity contribution in [1.82, 2.24) is 14.8 Å². The second kappa shape index (κ2) is 6.95. The number of aromatic nitrogens is 3. The van der Waals surface area contributed by atoms with E-state index in [0.29, 0.717) is 0 Å². The number of carboxylic acids is 1. The highest BCUT2D eigenvalue weighted by Crippen LogP contribution is 2.23. The molecule has 6 nitrogen and oxygen atoms in total. The Morgan fingerprint density at radius 3 is 2.67 bits per heavy atom. The van der Waals surface area contributed by atoms with Gasteiger partial charge in [0.15, 0.2) is 5.82 Å². The van der Waals surface area contributed by atoms with Gasteiger partial charge in [0.2, 0.25) is 0 Å². The molecule has 0 spiro atoms. The highest BCUT2D eigenvalue weighted by atomic mass is 19.3. The van der Waals surface area contributed by atoms with Crippen LogP contribution in [0, 0.1) is 6.92 Å². The maximum atomic E-state index is 12.9. The van der Waals surface area contributed by atoms with Crippen LogP contribution in [0.25, 0.3) is 5.69 Å². The number of hydrogen-bond acceptors (Lipinski definition) is 4. The number of ether oxygens (including phenoxy) is 1. The summed E-state index contributed by atoms with van der Waals surface area (Å²) < 4.78 is 55.6. The third-order valence-electron chi connectivity index (χ3n) is 2.99. The summed E-state index contributed by atoms with van der Waals surface area (Å²) in [4.78, 5) is 15.2. The van der Waals surface area contributed by atoms with Crippen molar-refractivity contribution in [2.24, 2.45) is 0 Å². The monoisotopic (exact) mass is 347 g/mol. The van der Waals surface area contributed by atoms with Crippen molar-refractivity contribution in [3.63, 3.8) is 0 Å². The fraction of sp³-hybridized carbons (Fsp3) is 0.357. The van der Waals surface area contributed by atoms with Gasteiger partial charge in [-0.25, -0.2) is 23.2 Å². The predicted molar refractivity (Wildman–Crippen MR) is 73.7 cm³/mol. The molecule has 0 atom stereocenters. The molecule has 0 aliphatic rings. The molecule has 1 heterocycles. The average Bonchev–Trinajstić information content (AvgIpc) is 2.87. The Kier molecular flexibility index (Phi) is 5.17. The maximum absolute atomic E-state index is 12.9. The van der Waals surface area contributed by atoms with Crippen LogP contribution in [0.15, 0.2) is 24.3 Å². The van der Waals surface area contributed by atoms with Crippen LogP contribution in [-0.4, -0.2) is 44.8 Å². The lowest BCUT2D eigenvalue weighted by atomic mass is 10.2. The van der Waals surface area contributed by atoms with Crippen LogP contribution in [0.3, 0.4) is 0 Å². The quantitative estimate of drug-likeness (QED) is 0.779. The van der Waals surface area contributed by atoms with Crippen molar-refractivity contribution in [3.05, 3.63) is 41.5 Å². The number of para-hydroxylation sites is 1. The summed E-state index contributed by atoms with van der Waals surface area (Å²) in [7, 11) is 0. The number of carboxylic acid groups (broad SMARTS) is 1. The number of rotatable bonds is 7. The average molecular weight is 347 g/mol. The Balaban J connectivity index is 2.24. The van der Waals surface area contributed by atoms with Crippen LogP contribution in [-0.2, 0) is 11.3 Å². The van der Waals surface area contributed by atoms with E-state index < -0.39 is 31.5 Å². The van der Waals surface area contributed by atoms with E-state index in [4.69, 9.17) is 0 Å². The normalized spacial score (nSPS) is 11.9. The highest BCUT2D eigenvalue weighted by Gasteiger charge is 2.41. The molecule has 0 fully saturated rings. The number of aryl methyl sites for hydroxylation is 1. The van der Waals surface area contributed by atoms with E-state index in [1.54, 1.807) is 6.07 Å². The minimum atomic E-state index is -4.28. The van der Waals surface area contributed by atoms with E-state index in [1.807, 2.05) is 0 Å². The molecule has 0 saturated carbocycles. The van der Waals surface area contributed by atoms with Gasteiger partial charge in [-0.05, 0) is 19.1 Å². The number of aromatic carboxylic acids is 1. The second-order valence-electron chi connectivity index (χ2n) is 4.86. The first kappa shape index (κ1) is 17.9. The predicted octanol–water partition coefficient (Wildman–Crippen LogP) is 2.69. The van der Waals surface area contributed by atoms with Crippen LogP contribution in [0.2, 0.25) is 0 Å². The molecular weight excluding hydrogens is 334 g/mol. The molecule has 0 amide bonds. The van der Waals surface area contributed by atoms with Crippen molar-refractivity contribution in [1.29, 1.82) is 0 Å². The third kappa shape index (κ3) is 3.88. The van der Waals surface area contributed by atoms with Gasteiger partial charge in [0.1, 0.15) is 19.0 Å². The molecule has 130 valence electrons. The van der Waals surface area contributed by atoms with Crippen LogP contribution in [0.1, 0.15) is 22.0 Å². The largest absolute Gasteiger partial charge is 0.478 e. The van der Waals surface area contributed by atoms with Gasteiger partial charge in [0, 0.05) is 0 Å². The lowest BCUT2D eigenvalue weighted by molar-refractivity contribution is -0.168. The number of halogens is 4. The number of carbonyl (C=O) groups is 1. The minimum Gasteiger partial charge on any atom is -0.478 e. The van der Waals surface area contributed by atoms with Gasteiger partial charge in [-0.15, -0.1) is 0 Å². The van der Waals surface area contributed by atoms with E-state index in [1.165, 1.54) is 25.1 Å². The molecule has 0 aliphatic carbocycles. The Hall–Kier alpha value is -2.49. The Labute approximate surface area is 133 Å². The van der Waals surface area contributed by atoms with E-state index in [2.05, 4.69) is 14.8 Å². The van der Waals surface area contributed by atoms with Crippen LogP contribution >= 0.6 is 0 Å². The fourth-order valence-electron chi connectivity index (χ4n) is 1.93. The first-order chi connectivity index (χ1) is 11.2. The smallest absolute Gasteiger partial charge is 0.337 e. The van der Waals surface area contributed by atoms with Gasteiger partial charge in [-0.1, -0.05) is 12.1 Å². The number of alkyl halides is 4. The Morgan fingerprint density at radius 1 is 1.38 bits per heavy atom. The molecule has 2 rings (SSSR count). The van der Waals surface area contributed by atoms with Crippen molar-refractivity contribution < 1.29 is 32.2 Å². The van der Waals surface area contributed by atoms with Crippen LogP contribution in [0.5, 0.6) is 0 Å². The van der Waals surface area contributed by atoms with Crippen molar-refractivity contribution in [2.45, 2.75) is 25.9 Å². The number of nitrogens with zero attached hydrogens (tertiary/aromatic N) is 3. The second-order valence-corrected chi connectivity index (χ2v) is 4.86. The molecule has 1 aromatic heterocycles. The summed E-state index contributed by atoms with van der Waals surface area (Å²) in [5.41, 5.74) is 0.0754. The summed E-state index contributed by atoms with van der Waals surface area (Å²) in [5, 5.41) is 13.2. The molecule has 0 unspecified atom stereocenters. The van der Waals surface area contributed by atoms with Gasteiger partial charge in [-0.3, -0.25) is 0 Å². The van der Waals surface area contributed by atoms with E-state index in [9.17, 15) is 27.5 Å². The van der Waals surface area contributed by atoms with Gasteiger partial charge in [0.05, 0.1) is 11.3 Å². The van der Waals surface area contributed by atoms with Gasteiger partial charge < -0.3 is 9.84 Å². The molecule has 0 radical (unpaired) electrons. The molecule has 0 saturated heterocycles. The summed E-state index contributed by atoms with van der Waals surface area (Å²) >= 11 is 0. The van der Waals surface area contributed by atoms with Crippen LogP contribution < -0.4 is 0 Å². The van der Waals surface area contributed by atoms with Crippen molar-refractivity contribution >= 4 is 5.97 Å². The summed E-state index contributed by atoms with van der Waals surface area (Å²) in [5.74, 6) is -5.23. The lowest BCUT2D eigenvalue weighted by Gasteiger charge is -2.15. The maximum Gasteiger partial charge on any atom is 0.337 e. The molecule has 24 heavy (non-hydrogen) atoms. The van der Waals surface area contributed by atoms with Gasteiger partial charge >= 0.3 is 18.3 Å². The zero-order valence-corrected chi connectivity index (χ0v) is 12.4. The molecule has 2 aromatic rings. The van der Waals surface area contributed by atoms with E-state index in [-0.39, 0.29) is 22.9 Å². The fourth-order valence-corrected chi connectivity index (χ4v) is 1.93. The van der Waals surface area contributed by atoms with E-state index >= 15 is 0 Å². The SMILES string of the molecule is Cc1nc(COCC(F)(F)C(F)F)n(-c2ccccc2C(=O)O)n1. The number of benzene rings is 1. The Morgan fingerprint density at radius 2 is 2.04 bits per heavy atom. The first-order valence-corrected chi connectivity index (χ1v) is 6.71. The lowest BCUT2D eigenvalue weighted by Crippen LogP contribution is -2.32. The minimum absolute atomic E-state index is 0.0197. The van der Waals surface area contributed by atoms with Gasteiger partial charge in [-0.2, -0.15) is 13.9 Å². The zero-order chi connectivity index (χ0) is 17.9. The molecule has 10 heteroatoms.